The Morgan fingerprint density at radius 1 is 1.55 bits per heavy atom. The minimum Gasteiger partial charge on any atom is -0.375 e. The van der Waals surface area contributed by atoms with Gasteiger partial charge in [0.15, 0.2) is 0 Å². The summed E-state index contributed by atoms with van der Waals surface area (Å²) >= 11 is 0. The Hall–Kier alpha value is -0.880. The summed E-state index contributed by atoms with van der Waals surface area (Å²) < 4.78 is 5.44. The molecule has 0 bridgehead atoms. The van der Waals surface area contributed by atoms with Gasteiger partial charge in [-0.15, -0.1) is 24.8 Å². The molecule has 0 unspecified atom stereocenters. The van der Waals surface area contributed by atoms with Crippen molar-refractivity contribution in [2.75, 3.05) is 19.7 Å². The fourth-order valence-electron chi connectivity index (χ4n) is 2.01. The number of nitrogens with one attached hydrogen (secondary N) is 2. The van der Waals surface area contributed by atoms with Gasteiger partial charge in [0.2, 0.25) is 5.91 Å². The molecule has 0 radical (unpaired) electrons. The molecule has 1 aliphatic rings. The maximum Gasteiger partial charge on any atom is 0.239 e. The third-order valence-corrected chi connectivity index (χ3v) is 3.03. The molecule has 0 saturated carbocycles. The maximum atomic E-state index is 11.9. The van der Waals surface area contributed by atoms with Crippen LogP contribution in [0.5, 0.6) is 0 Å². The molecule has 0 spiro atoms. The summed E-state index contributed by atoms with van der Waals surface area (Å²) in [6.45, 7) is 3.93. The zero-order valence-corrected chi connectivity index (χ0v) is 13.0. The van der Waals surface area contributed by atoms with Crippen LogP contribution in [0.3, 0.4) is 0 Å². The molecule has 2 rings (SSSR count). The molecule has 2 heterocycles. The number of ether oxygens (including phenoxy) is 1. The largest absolute Gasteiger partial charge is 0.375 e. The second-order valence-corrected chi connectivity index (χ2v) is 4.41. The van der Waals surface area contributed by atoms with Gasteiger partial charge in [0.1, 0.15) is 6.04 Å². The monoisotopic (exact) mass is 321 g/mol. The van der Waals surface area contributed by atoms with Crippen LogP contribution in [-0.4, -0.2) is 42.7 Å². The molecule has 1 aromatic heterocycles. The van der Waals surface area contributed by atoms with Gasteiger partial charge in [-0.05, 0) is 25.0 Å². The molecule has 0 aromatic carbocycles. The van der Waals surface area contributed by atoms with Crippen LogP contribution in [0.1, 0.15) is 12.5 Å². The van der Waals surface area contributed by atoms with Crippen LogP contribution < -0.4 is 10.6 Å². The lowest BCUT2D eigenvalue weighted by Gasteiger charge is -2.29. The minimum absolute atomic E-state index is 0. The van der Waals surface area contributed by atoms with Gasteiger partial charge in [-0.2, -0.15) is 0 Å². The highest BCUT2D eigenvalue weighted by atomic mass is 35.5. The summed E-state index contributed by atoms with van der Waals surface area (Å²) in [4.78, 5) is 16.0. The van der Waals surface area contributed by atoms with E-state index in [1.807, 2.05) is 25.3 Å². The van der Waals surface area contributed by atoms with E-state index in [1.165, 1.54) is 0 Å². The van der Waals surface area contributed by atoms with Crippen molar-refractivity contribution in [3.63, 3.8) is 0 Å². The fourth-order valence-corrected chi connectivity index (χ4v) is 2.01. The summed E-state index contributed by atoms with van der Waals surface area (Å²) in [5.74, 6) is 0.00564. The number of pyridine rings is 1. The Morgan fingerprint density at radius 3 is 3.00 bits per heavy atom. The molecule has 1 fully saturated rings. The SMILES string of the molecule is C[C@H]1OCCN[C@@H]1C(=O)NCCc1cccnc1.Cl.Cl. The molecular weight excluding hydrogens is 301 g/mol. The number of carbonyl (C=O) groups is 1. The van der Waals surface area contributed by atoms with Crippen molar-refractivity contribution in [3.8, 4) is 0 Å². The molecule has 1 aromatic rings. The third kappa shape index (κ3) is 5.63. The van der Waals surface area contributed by atoms with Crippen LogP contribution in [0.25, 0.3) is 0 Å². The van der Waals surface area contributed by atoms with Gasteiger partial charge in [0, 0.05) is 25.5 Å². The Kier molecular flexibility index (Phi) is 9.50. The maximum absolute atomic E-state index is 11.9. The van der Waals surface area contributed by atoms with Gasteiger partial charge in [-0.1, -0.05) is 6.07 Å². The number of aromatic nitrogens is 1. The van der Waals surface area contributed by atoms with Gasteiger partial charge < -0.3 is 15.4 Å². The summed E-state index contributed by atoms with van der Waals surface area (Å²) in [6.07, 6.45) is 4.28. The van der Waals surface area contributed by atoms with Crippen molar-refractivity contribution in [2.24, 2.45) is 0 Å². The Bertz CT molecular complexity index is 392. The molecule has 7 heteroatoms. The number of hydrogen-bond donors (Lipinski definition) is 2. The first-order chi connectivity index (χ1) is 8.77. The molecule has 114 valence electrons. The highest BCUT2D eigenvalue weighted by Gasteiger charge is 2.27. The number of carbonyl (C=O) groups excluding carboxylic acids is 1. The van der Waals surface area contributed by atoms with Crippen LogP contribution in [0, 0.1) is 0 Å². The molecule has 1 aliphatic heterocycles. The highest BCUT2D eigenvalue weighted by Crippen LogP contribution is 2.04. The van der Waals surface area contributed by atoms with Crippen LogP contribution in [0.15, 0.2) is 24.5 Å². The molecule has 2 atom stereocenters. The zero-order chi connectivity index (χ0) is 12.8. The molecule has 2 N–H and O–H groups in total. The van der Waals surface area contributed by atoms with E-state index in [9.17, 15) is 4.79 Å². The average Bonchev–Trinajstić information content (AvgIpc) is 2.40. The fraction of sp³-hybridized carbons (Fsp3) is 0.538. The van der Waals surface area contributed by atoms with E-state index in [2.05, 4.69) is 15.6 Å². The van der Waals surface area contributed by atoms with Gasteiger partial charge >= 0.3 is 0 Å². The molecule has 0 aliphatic carbocycles. The molecule has 1 saturated heterocycles. The van der Waals surface area contributed by atoms with Crippen molar-refractivity contribution in [2.45, 2.75) is 25.5 Å². The first-order valence-corrected chi connectivity index (χ1v) is 6.29. The predicted octanol–water partition coefficient (Wildman–Crippen LogP) is 0.961. The molecule has 1 amide bonds. The van der Waals surface area contributed by atoms with E-state index in [0.29, 0.717) is 13.2 Å². The van der Waals surface area contributed by atoms with Crippen LogP contribution in [-0.2, 0) is 16.0 Å². The van der Waals surface area contributed by atoms with Crippen molar-refractivity contribution in [1.82, 2.24) is 15.6 Å². The first kappa shape index (κ1) is 19.1. The van der Waals surface area contributed by atoms with Crippen molar-refractivity contribution < 1.29 is 9.53 Å². The average molecular weight is 322 g/mol. The number of morpholine rings is 1. The number of hydrogen-bond acceptors (Lipinski definition) is 4. The van der Waals surface area contributed by atoms with E-state index >= 15 is 0 Å². The second kappa shape index (κ2) is 9.94. The van der Waals surface area contributed by atoms with Gasteiger partial charge in [0.05, 0.1) is 12.7 Å². The molecule has 5 nitrogen and oxygen atoms in total. The van der Waals surface area contributed by atoms with E-state index in [1.54, 1.807) is 6.20 Å². The zero-order valence-electron chi connectivity index (χ0n) is 11.4. The first-order valence-electron chi connectivity index (χ1n) is 6.29. The number of amides is 1. The summed E-state index contributed by atoms with van der Waals surface area (Å²) in [5, 5.41) is 6.09. The van der Waals surface area contributed by atoms with Gasteiger partial charge in [-0.3, -0.25) is 9.78 Å². The summed E-state index contributed by atoms with van der Waals surface area (Å²) in [6, 6.07) is 3.66. The minimum atomic E-state index is -0.243. The Balaban J connectivity index is 0.00000180. The van der Waals surface area contributed by atoms with Crippen LogP contribution in [0.2, 0.25) is 0 Å². The summed E-state index contributed by atoms with van der Waals surface area (Å²) in [7, 11) is 0. The Morgan fingerprint density at radius 2 is 2.35 bits per heavy atom. The smallest absolute Gasteiger partial charge is 0.239 e. The highest BCUT2D eigenvalue weighted by molar-refractivity contribution is 5.85. The van der Waals surface area contributed by atoms with Crippen molar-refractivity contribution in [1.29, 1.82) is 0 Å². The molecule has 20 heavy (non-hydrogen) atoms. The van der Waals surface area contributed by atoms with Crippen LogP contribution >= 0.6 is 24.8 Å². The second-order valence-electron chi connectivity index (χ2n) is 4.41. The third-order valence-electron chi connectivity index (χ3n) is 3.03. The van der Waals surface area contributed by atoms with Crippen molar-refractivity contribution >= 4 is 30.7 Å². The van der Waals surface area contributed by atoms with E-state index < -0.39 is 0 Å². The lowest BCUT2D eigenvalue weighted by atomic mass is 10.1. The quantitative estimate of drug-likeness (QED) is 0.867. The van der Waals surface area contributed by atoms with E-state index in [4.69, 9.17) is 4.74 Å². The predicted molar refractivity (Wildman–Crippen MR) is 82.7 cm³/mol. The normalized spacial score (nSPS) is 21.2. The number of halogens is 2. The summed E-state index contributed by atoms with van der Waals surface area (Å²) in [5.41, 5.74) is 1.12. The lowest BCUT2D eigenvalue weighted by Crippen LogP contribution is -2.55. The number of nitrogens with zero attached hydrogens (tertiary/aromatic N) is 1. The van der Waals surface area contributed by atoms with Crippen LogP contribution in [0.4, 0.5) is 0 Å². The van der Waals surface area contributed by atoms with Crippen molar-refractivity contribution in [3.05, 3.63) is 30.1 Å². The van der Waals surface area contributed by atoms with E-state index in [0.717, 1.165) is 18.5 Å². The Labute approximate surface area is 131 Å². The topological polar surface area (TPSA) is 63.2 Å². The standard InChI is InChI=1S/C13H19N3O2.2ClH/c1-10-12(15-7-8-18-10)13(17)16-6-4-11-3-2-5-14-9-11;;/h2-3,5,9-10,12,15H,4,6-8H2,1H3,(H,16,17);2*1H/t10-,12+;;/m1../s1. The lowest BCUT2D eigenvalue weighted by molar-refractivity contribution is -0.128. The number of rotatable bonds is 4. The van der Waals surface area contributed by atoms with Gasteiger partial charge in [-0.25, -0.2) is 0 Å². The van der Waals surface area contributed by atoms with Gasteiger partial charge in [0.25, 0.3) is 0 Å². The van der Waals surface area contributed by atoms with E-state index in [-0.39, 0.29) is 42.9 Å². The molecular formula is C13H21Cl2N3O2.